The molecule has 0 aliphatic carbocycles. The second-order valence-electron chi connectivity index (χ2n) is 6.92. The molecule has 0 saturated carbocycles. The number of anilines is 2. The molecule has 2 aromatic carbocycles. The Labute approximate surface area is 171 Å². The Hall–Kier alpha value is -2.93. The Morgan fingerprint density at radius 1 is 1.14 bits per heavy atom. The zero-order valence-electron chi connectivity index (χ0n) is 15.8. The molecule has 0 unspecified atom stereocenters. The summed E-state index contributed by atoms with van der Waals surface area (Å²) < 4.78 is 2.72. The number of benzene rings is 2. The normalized spacial score (nSPS) is 15.8. The van der Waals surface area contributed by atoms with E-state index in [9.17, 15) is 4.79 Å². The van der Waals surface area contributed by atoms with E-state index in [2.05, 4.69) is 42.7 Å². The number of halogens is 1. The van der Waals surface area contributed by atoms with E-state index in [1.165, 1.54) is 6.33 Å². The number of aromatic nitrogens is 3. The fourth-order valence-electron chi connectivity index (χ4n) is 3.48. The van der Waals surface area contributed by atoms with Crippen molar-refractivity contribution in [3.8, 4) is 0 Å². The van der Waals surface area contributed by atoms with Crippen molar-refractivity contribution >= 4 is 33.5 Å². The maximum Gasteiger partial charge on any atom is 0.255 e. The van der Waals surface area contributed by atoms with Gasteiger partial charge in [-0.15, -0.1) is 0 Å². The third-order valence-corrected chi connectivity index (χ3v) is 5.38. The Morgan fingerprint density at radius 2 is 1.89 bits per heavy atom. The molecule has 28 heavy (non-hydrogen) atoms. The number of allylic oxidation sites excluding steroid dienone is 1. The number of nitrogens with one attached hydrogen (secondary N) is 2. The maximum absolute atomic E-state index is 13.3. The molecule has 4 rings (SSSR count). The molecule has 0 saturated heterocycles. The van der Waals surface area contributed by atoms with E-state index in [-0.39, 0.29) is 11.9 Å². The highest BCUT2D eigenvalue weighted by Crippen LogP contribution is 2.35. The molecule has 1 atom stereocenters. The lowest BCUT2D eigenvalue weighted by Crippen LogP contribution is -2.31. The number of hydrogen-bond acceptors (Lipinski definition) is 4. The number of fused-ring (bicyclic) bond motifs is 1. The SMILES string of the molecule is CC1=C(C(=O)Nc2ccc(C)cc2C)[C@@H](c2ccc(Br)cc2)n2ncnc2N1. The Morgan fingerprint density at radius 3 is 2.61 bits per heavy atom. The molecule has 3 aromatic rings. The standard InChI is InChI=1S/C21H20BrN5O/c1-12-4-9-17(13(2)10-12)26-20(28)18-14(3)25-21-23-11-24-27(21)19(18)15-5-7-16(22)8-6-15/h4-11,19H,1-3H3,(H,26,28)(H,23,24,25)/t19-/m1/s1. The Balaban J connectivity index is 1.76. The van der Waals surface area contributed by atoms with Crippen molar-refractivity contribution in [3.05, 3.63) is 81.2 Å². The van der Waals surface area contributed by atoms with Crippen molar-refractivity contribution in [1.29, 1.82) is 0 Å². The molecule has 142 valence electrons. The summed E-state index contributed by atoms with van der Waals surface area (Å²) in [6.45, 7) is 5.91. The highest BCUT2D eigenvalue weighted by Gasteiger charge is 2.33. The molecule has 1 aliphatic rings. The molecule has 6 nitrogen and oxygen atoms in total. The van der Waals surface area contributed by atoms with Gasteiger partial charge in [0.15, 0.2) is 0 Å². The maximum atomic E-state index is 13.3. The van der Waals surface area contributed by atoms with Gasteiger partial charge in [-0.25, -0.2) is 4.68 Å². The molecule has 0 spiro atoms. The second-order valence-corrected chi connectivity index (χ2v) is 7.83. The van der Waals surface area contributed by atoms with Crippen LogP contribution in [0.15, 0.2) is 64.5 Å². The first-order valence-electron chi connectivity index (χ1n) is 8.95. The lowest BCUT2D eigenvalue weighted by molar-refractivity contribution is -0.113. The minimum absolute atomic E-state index is 0.161. The van der Waals surface area contributed by atoms with Crippen LogP contribution in [0.1, 0.15) is 29.7 Å². The lowest BCUT2D eigenvalue weighted by atomic mass is 9.95. The van der Waals surface area contributed by atoms with Gasteiger partial charge in [-0.05, 0) is 50.1 Å². The highest BCUT2D eigenvalue weighted by atomic mass is 79.9. The number of carbonyl (C=O) groups is 1. The number of rotatable bonds is 3. The van der Waals surface area contributed by atoms with Crippen LogP contribution in [-0.4, -0.2) is 20.7 Å². The molecule has 2 N–H and O–H groups in total. The number of amides is 1. The summed E-state index contributed by atoms with van der Waals surface area (Å²) in [7, 11) is 0. The molecule has 2 heterocycles. The topological polar surface area (TPSA) is 71.8 Å². The van der Waals surface area contributed by atoms with Crippen LogP contribution < -0.4 is 10.6 Å². The van der Waals surface area contributed by atoms with Gasteiger partial charge in [0, 0.05) is 15.9 Å². The fraction of sp³-hybridized carbons (Fsp3) is 0.190. The average molecular weight is 438 g/mol. The van der Waals surface area contributed by atoms with E-state index in [0.717, 1.165) is 32.5 Å². The smallest absolute Gasteiger partial charge is 0.255 e. The van der Waals surface area contributed by atoms with Gasteiger partial charge in [-0.2, -0.15) is 10.1 Å². The van der Waals surface area contributed by atoms with Crippen LogP contribution in [0, 0.1) is 13.8 Å². The summed E-state index contributed by atoms with van der Waals surface area (Å²) in [6.07, 6.45) is 1.49. The molecule has 0 radical (unpaired) electrons. The largest absolute Gasteiger partial charge is 0.328 e. The molecule has 1 amide bonds. The van der Waals surface area contributed by atoms with Gasteiger partial charge >= 0.3 is 0 Å². The van der Waals surface area contributed by atoms with Crippen LogP contribution in [0.2, 0.25) is 0 Å². The summed E-state index contributed by atoms with van der Waals surface area (Å²) in [6, 6.07) is 13.5. The minimum Gasteiger partial charge on any atom is -0.328 e. The van der Waals surface area contributed by atoms with Crippen molar-refractivity contribution in [1.82, 2.24) is 14.8 Å². The highest BCUT2D eigenvalue weighted by molar-refractivity contribution is 9.10. The molecule has 0 fully saturated rings. The number of aryl methyl sites for hydroxylation is 2. The van der Waals surface area contributed by atoms with Crippen LogP contribution in [0.5, 0.6) is 0 Å². The summed E-state index contributed by atoms with van der Waals surface area (Å²) in [5.74, 6) is 0.458. The van der Waals surface area contributed by atoms with E-state index < -0.39 is 0 Å². The summed E-state index contributed by atoms with van der Waals surface area (Å²) in [5.41, 5.74) is 5.31. The van der Waals surface area contributed by atoms with Crippen molar-refractivity contribution in [3.63, 3.8) is 0 Å². The minimum atomic E-state index is -0.363. The van der Waals surface area contributed by atoms with Crippen LogP contribution >= 0.6 is 15.9 Å². The average Bonchev–Trinajstić information content (AvgIpc) is 3.11. The summed E-state index contributed by atoms with van der Waals surface area (Å²) in [4.78, 5) is 17.6. The fourth-order valence-corrected chi connectivity index (χ4v) is 3.75. The second kappa shape index (κ2) is 7.24. The third-order valence-electron chi connectivity index (χ3n) is 4.85. The van der Waals surface area contributed by atoms with Gasteiger partial charge in [0.05, 0.1) is 5.57 Å². The quantitative estimate of drug-likeness (QED) is 0.628. The van der Waals surface area contributed by atoms with Gasteiger partial charge < -0.3 is 10.6 Å². The van der Waals surface area contributed by atoms with E-state index in [4.69, 9.17) is 0 Å². The first-order chi connectivity index (χ1) is 13.4. The molecule has 7 heteroatoms. The van der Waals surface area contributed by atoms with Crippen LogP contribution in [0.25, 0.3) is 0 Å². The van der Waals surface area contributed by atoms with Gasteiger partial charge in [-0.1, -0.05) is 45.8 Å². The van der Waals surface area contributed by atoms with E-state index in [1.54, 1.807) is 4.68 Å². The third kappa shape index (κ3) is 3.33. The van der Waals surface area contributed by atoms with Crippen LogP contribution in [0.3, 0.4) is 0 Å². The summed E-state index contributed by atoms with van der Waals surface area (Å²) in [5, 5.41) is 10.6. The zero-order valence-corrected chi connectivity index (χ0v) is 17.4. The Kier molecular flexibility index (Phi) is 4.77. The van der Waals surface area contributed by atoms with Gasteiger partial charge in [0.2, 0.25) is 5.95 Å². The number of nitrogens with zero attached hydrogens (tertiary/aromatic N) is 3. The number of carbonyl (C=O) groups excluding carboxylic acids is 1. The molecular weight excluding hydrogens is 418 g/mol. The number of hydrogen-bond donors (Lipinski definition) is 2. The molecule has 0 bridgehead atoms. The first kappa shape index (κ1) is 18.4. The molecular formula is C21H20BrN5O. The lowest BCUT2D eigenvalue weighted by Gasteiger charge is -2.29. The Bertz CT molecular complexity index is 1080. The predicted octanol–water partition coefficient (Wildman–Crippen LogP) is 4.59. The predicted molar refractivity (Wildman–Crippen MR) is 113 cm³/mol. The van der Waals surface area contributed by atoms with Gasteiger partial charge in [-0.3, -0.25) is 4.79 Å². The summed E-state index contributed by atoms with van der Waals surface area (Å²) >= 11 is 3.47. The van der Waals surface area contributed by atoms with Gasteiger partial charge in [0.25, 0.3) is 5.91 Å². The van der Waals surface area contributed by atoms with Crippen molar-refractivity contribution in [2.75, 3.05) is 10.6 Å². The monoisotopic (exact) mass is 437 g/mol. The van der Waals surface area contributed by atoms with E-state index in [1.807, 2.05) is 57.2 Å². The van der Waals surface area contributed by atoms with Crippen molar-refractivity contribution in [2.24, 2.45) is 0 Å². The molecule has 1 aromatic heterocycles. The molecule has 1 aliphatic heterocycles. The zero-order chi connectivity index (χ0) is 19.8. The first-order valence-corrected chi connectivity index (χ1v) is 9.74. The van der Waals surface area contributed by atoms with E-state index >= 15 is 0 Å². The van der Waals surface area contributed by atoms with Gasteiger partial charge in [0.1, 0.15) is 12.4 Å². The van der Waals surface area contributed by atoms with Crippen molar-refractivity contribution in [2.45, 2.75) is 26.8 Å². The van der Waals surface area contributed by atoms with Crippen LogP contribution in [-0.2, 0) is 4.79 Å². The van der Waals surface area contributed by atoms with E-state index in [0.29, 0.717) is 11.5 Å². The van der Waals surface area contributed by atoms with Crippen molar-refractivity contribution < 1.29 is 4.79 Å². The van der Waals surface area contributed by atoms with Crippen LogP contribution in [0.4, 0.5) is 11.6 Å².